The van der Waals surface area contributed by atoms with Crippen LogP contribution in [-0.2, 0) is 11.3 Å². The fraction of sp³-hybridized carbons (Fsp3) is 0.188. The summed E-state index contributed by atoms with van der Waals surface area (Å²) in [5.41, 5.74) is 2.52. The van der Waals surface area contributed by atoms with Crippen molar-refractivity contribution in [2.75, 3.05) is 0 Å². The molecule has 1 aromatic carbocycles. The Morgan fingerprint density at radius 3 is 2.61 bits per heavy atom. The van der Waals surface area contributed by atoms with Crippen molar-refractivity contribution in [3.05, 3.63) is 71.5 Å². The second-order valence-electron chi connectivity index (χ2n) is 3.90. The summed E-state index contributed by atoms with van der Waals surface area (Å²) in [6.45, 7) is 8.07. The van der Waals surface area contributed by atoms with Crippen LogP contribution in [0.2, 0.25) is 0 Å². The fourth-order valence-electron chi connectivity index (χ4n) is 1.31. The molecule has 0 saturated heterocycles. The highest BCUT2D eigenvalue weighted by Crippen LogP contribution is 2.14. The third-order valence-electron chi connectivity index (χ3n) is 2.50. The Bertz CT molecular complexity index is 504. The molecule has 0 N–H and O–H groups in total. The van der Waals surface area contributed by atoms with Gasteiger partial charge >= 0.3 is 0 Å². The summed E-state index contributed by atoms with van der Waals surface area (Å²) >= 11 is 0. The van der Waals surface area contributed by atoms with Crippen molar-refractivity contribution in [3.8, 4) is 6.07 Å². The van der Waals surface area contributed by atoms with Gasteiger partial charge in [-0.3, -0.25) is 0 Å². The molecule has 0 amide bonds. The molecule has 2 heteroatoms. The van der Waals surface area contributed by atoms with E-state index in [2.05, 4.69) is 12.6 Å². The van der Waals surface area contributed by atoms with E-state index in [9.17, 15) is 0 Å². The lowest BCUT2D eigenvalue weighted by Crippen LogP contribution is -1.95. The van der Waals surface area contributed by atoms with Gasteiger partial charge in [0.25, 0.3) is 0 Å². The predicted octanol–water partition coefficient (Wildman–Crippen LogP) is 4.13. The smallest absolute Gasteiger partial charge is 0.130 e. The summed E-state index contributed by atoms with van der Waals surface area (Å²) in [4.78, 5) is 0. The third-order valence-corrected chi connectivity index (χ3v) is 2.50. The van der Waals surface area contributed by atoms with Crippen molar-refractivity contribution in [2.45, 2.75) is 20.5 Å². The molecule has 2 nitrogen and oxygen atoms in total. The largest absolute Gasteiger partial charge is 0.488 e. The number of benzene rings is 1. The maximum atomic E-state index is 9.05. The molecule has 0 radical (unpaired) electrons. The van der Waals surface area contributed by atoms with Crippen molar-refractivity contribution in [1.82, 2.24) is 0 Å². The van der Waals surface area contributed by atoms with Gasteiger partial charge in [-0.05, 0) is 25.5 Å². The molecule has 0 bridgehead atoms. The molecule has 0 atom stereocenters. The van der Waals surface area contributed by atoms with Crippen LogP contribution in [-0.4, -0.2) is 0 Å². The maximum Gasteiger partial charge on any atom is 0.130 e. The Morgan fingerprint density at radius 2 is 2.06 bits per heavy atom. The van der Waals surface area contributed by atoms with Crippen LogP contribution in [0.15, 0.2) is 66.0 Å². The van der Waals surface area contributed by atoms with E-state index >= 15 is 0 Å². The van der Waals surface area contributed by atoms with Gasteiger partial charge in [-0.15, -0.1) is 0 Å². The zero-order valence-corrected chi connectivity index (χ0v) is 10.8. The number of rotatable bonds is 5. The van der Waals surface area contributed by atoms with E-state index in [-0.39, 0.29) is 0 Å². The first-order chi connectivity index (χ1) is 8.67. The molecule has 92 valence electrons. The van der Waals surface area contributed by atoms with Gasteiger partial charge in [-0.2, -0.15) is 5.26 Å². The van der Waals surface area contributed by atoms with Crippen LogP contribution in [0.1, 0.15) is 19.4 Å². The Kier molecular flexibility index (Phi) is 5.47. The third kappa shape index (κ3) is 4.31. The summed E-state index contributed by atoms with van der Waals surface area (Å²) in [7, 11) is 0. The highest BCUT2D eigenvalue weighted by molar-refractivity contribution is 5.41. The van der Waals surface area contributed by atoms with E-state index in [0.717, 1.165) is 11.1 Å². The Balaban J connectivity index is 2.65. The van der Waals surface area contributed by atoms with E-state index in [1.54, 1.807) is 6.08 Å². The predicted molar refractivity (Wildman–Crippen MR) is 73.5 cm³/mol. The standard InChI is InChI=1S/C16H17NO/c1-4-13(2)10-16(11-17)14(3)18-12-15-8-6-5-7-9-15/h4-10H,3,12H2,1-2H3/b13-4-,16-10-. The molecule has 1 aromatic rings. The average Bonchev–Trinajstić information content (AvgIpc) is 2.42. The zero-order valence-electron chi connectivity index (χ0n) is 10.8. The fourth-order valence-corrected chi connectivity index (χ4v) is 1.31. The van der Waals surface area contributed by atoms with Crippen molar-refractivity contribution < 1.29 is 4.74 Å². The first-order valence-corrected chi connectivity index (χ1v) is 5.78. The SMILES string of the molecule is C=C(OCc1ccccc1)/C(C#N)=C\C(C)=C/C. The number of nitrogens with zero attached hydrogens (tertiary/aromatic N) is 1. The number of allylic oxidation sites excluding steroid dienone is 4. The van der Waals surface area contributed by atoms with Crippen LogP contribution in [0.25, 0.3) is 0 Å². The molecule has 18 heavy (non-hydrogen) atoms. The summed E-state index contributed by atoms with van der Waals surface area (Å²) < 4.78 is 5.51. The van der Waals surface area contributed by atoms with Crippen molar-refractivity contribution >= 4 is 0 Å². The molecule has 0 fully saturated rings. The lowest BCUT2D eigenvalue weighted by Gasteiger charge is -2.08. The maximum absolute atomic E-state index is 9.05. The van der Waals surface area contributed by atoms with Crippen LogP contribution in [0.4, 0.5) is 0 Å². The van der Waals surface area contributed by atoms with Crippen LogP contribution < -0.4 is 0 Å². The lowest BCUT2D eigenvalue weighted by atomic mass is 10.1. The molecular weight excluding hydrogens is 222 g/mol. The Hall–Kier alpha value is -2.27. The molecule has 0 unspecified atom stereocenters. The van der Waals surface area contributed by atoms with E-state index in [0.29, 0.717) is 17.9 Å². The summed E-state index contributed by atoms with van der Waals surface area (Å²) in [6, 6.07) is 11.9. The van der Waals surface area contributed by atoms with Gasteiger partial charge < -0.3 is 4.74 Å². The number of nitriles is 1. The first-order valence-electron chi connectivity index (χ1n) is 5.78. The van der Waals surface area contributed by atoms with Crippen molar-refractivity contribution in [1.29, 1.82) is 5.26 Å². The van der Waals surface area contributed by atoms with Crippen molar-refractivity contribution in [3.63, 3.8) is 0 Å². The zero-order chi connectivity index (χ0) is 13.4. The summed E-state index contributed by atoms with van der Waals surface area (Å²) in [5, 5.41) is 9.05. The average molecular weight is 239 g/mol. The first kappa shape index (κ1) is 13.8. The molecule has 0 aromatic heterocycles. The minimum atomic E-state index is 0.405. The quantitative estimate of drug-likeness (QED) is 0.439. The van der Waals surface area contributed by atoms with E-state index < -0.39 is 0 Å². The van der Waals surface area contributed by atoms with Crippen LogP contribution in [0.5, 0.6) is 0 Å². The molecule has 0 heterocycles. The van der Waals surface area contributed by atoms with Crippen LogP contribution in [0, 0.1) is 11.3 Å². The second kappa shape index (κ2) is 7.13. The molecule has 0 aliphatic rings. The molecule has 0 spiro atoms. The van der Waals surface area contributed by atoms with Gasteiger partial charge in [-0.25, -0.2) is 0 Å². The molecule has 0 saturated carbocycles. The van der Waals surface area contributed by atoms with E-state index in [1.807, 2.05) is 50.3 Å². The number of hydrogen-bond donors (Lipinski definition) is 0. The topological polar surface area (TPSA) is 33.0 Å². The van der Waals surface area contributed by atoms with Gasteiger partial charge in [0.05, 0.1) is 5.57 Å². The minimum absolute atomic E-state index is 0.405. The Morgan fingerprint density at radius 1 is 1.39 bits per heavy atom. The number of hydrogen-bond acceptors (Lipinski definition) is 2. The summed E-state index contributed by atoms with van der Waals surface area (Å²) in [6.07, 6.45) is 3.70. The van der Waals surface area contributed by atoms with Gasteiger partial charge in [0, 0.05) is 0 Å². The van der Waals surface area contributed by atoms with Gasteiger partial charge in [0.2, 0.25) is 0 Å². The van der Waals surface area contributed by atoms with Gasteiger partial charge in [0.15, 0.2) is 0 Å². The Labute approximate surface area is 109 Å². The normalized spacial score (nSPS) is 11.8. The van der Waals surface area contributed by atoms with E-state index in [1.165, 1.54) is 0 Å². The van der Waals surface area contributed by atoms with Crippen molar-refractivity contribution in [2.24, 2.45) is 0 Å². The lowest BCUT2D eigenvalue weighted by molar-refractivity contribution is 0.210. The minimum Gasteiger partial charge on any atom is -0.488 e. The molecule has 0 aliphatic heterocycles. The van der Waals surface area contributed by atoms with Crippen LogP contribution in [0.3, 0.4) is 0 Å². The molecule has 0 aliphatic carbocycles. The highest BCUT2D eigenvalue weighted by Gasteiger charge is 2.03. The molecule has 1 rings (SSSR count). The number of ether oxygens (including phenoxy) is 1. The summed E-state index contributed by atoms with van der Waals surface area (Å²) in [5.74, 6) is 0.405. The highest BCUT2D eigenvalue weighted by atomic mass is 16.5. The van der Waals surface area contributed by atoms with Gasteiger partial charge in [0.1, 0.15) is 18.4 Å². The van der Waals surface area contributed by atoms with E-state index in [4.69, 9.17) is 10.00 Å². The monoisotopic (exact) mass is 239 g/mol. The second-order valence-corrected chi connectivity index (χ2v) is 3.90. The molecular formula is C16H17NO. The van der Waals surface area contributed by atoms with Gasteiger partial charge in [-0.1, -0.05) is 48.6 Å². The van der Waals surface area contributed by atoms with Crippen LogP contribution >= 0.6 is 0 Å².